The van der Waals surface area contributed by atoms with Crippen molar-refractivity contribution in [1.82, 2.24) is 9.78 Å². The molecule has 1 aromatic carbocycles. The highest BCUT2D eigenvalue weighted by Crippen LogP contribution is 2.23. The Morgan fingerprint density at radius 1 is 1.45 bits per heavy atom. The molecule has 1 heterocycles. The Bertz CT molecular complexity index is 654. The third-order valence-corrected chi connectivity index (χ3v) is 3.31. The zero-order valence-electron chi connectivity index (χ0n) is 12.0. The third kappa shape index (κ3) is 2.65. The van der Waals surface area contributed by atoms with E-state index < -0.39 is 0 Å². The van der Waals surface area contributed by atoms with Crippen LogP contribution < -0.4 is 4.90 Å². The minimum atomic E-state index is -0.0302. The molecule has 0 fully saturated rings. The van der Waals surface area contributed by atoms with Crippen LogP contribution in [0.25, 0.3) is 0 Å². The maximum atomic E-state index is 9.49. The Kier molecular flexibility index (Phi) is 4.06. The fourth-order valence-electron chi connectivity index (χ4n) is 2.44. The van der Waals surface area contributed by atoms with Crippen molar-refractivity contribution in [1.29, 1.82) is 5.26 Å². The van der Waals surface area contributed by atoms with Crippen molar-refractivity contribution in [2.75, 3.05) is 11.9 Å². The Morgan fingerprint density at radius 3 is 2.85 bits per heavy atom. The van der Waals surface area contributed by atoms with E-state index in [0.717, 1.165) is 22.6 Å². The van der Waals surface area contributed by atoms with Crippen molar-refractivity contribution in [3.05, 3.63) is 46.6 Å². The van der Waals surface area contributed by atoms with Gasteiger partial charge >= 0.3 is 0 Å². The highest BCUT2D eigenvalue weighted by atomic mass is 16.3. The van der Waals surface area contributed by atoms with Crippen LogP contribution in [0.4, 0.5) is 5.82 Å². The molecule has 104 valence electrons. The molecule has 5 heteroatoms. The number of nitrogens with zero attached hydrogens (tertiary/aromatic N) is 4. The van der Waals surface area contributed by atoms with Crippen LogP contribution in [0.2, 0.25) is 0 Å². The molecule has 0 radical (unpaired) electrons. The van der Waals surface area contributed by atoms with Gasteiger partial charge in [0.25, 0.3) is 0 Å². The fraction of sp³-hybridized carbons (Fsp3) is 0.333. The molecule has 2 rings (SSSR count). The van der Waals surface area contributed by atoms with Gasteiger partial charge in [0.15, 0.2) is 0 Å². The summed E-state index contributed by atoms with van der Waals surface area (Å²) in [5.41, 5.74) is 3.38. The minimum absolute atomic E-state index is 0.0302. The number of aliphatic hydroxyl groups excluding tert-OH is 1. The van der Waals surface area contributed by atoms with Crippen LogP contribution in [-0.2, 0) is 20.2 Å². The first-order chi connectivity index (χ1) is 9.56. The molecular weight excluding hydrogens is 252 g/mol. The molecule has 1 aromatic heterocycles. The molecule has 0 saturated carbocycles. The zero-order valence-corrected chi connectivity index (χ0v) is 12.0. The predicted octanol–water partition coefficient (Wildman–Crippen LogP) is 1.73. The van der Waals surface area contributed by atoms with Crippen LogP contribution in [0.1, 0.15) is 22.4 Å². The molecular formula is C15H18N4O. The third-order valence-electron chi connectivity index (χ3n) is 3.31. The summed E-state index contributed by atoms with van der Waals surface area (Å²) in [7, 11) is 3.82. The highest BCUT2D eigenvalue weighted by molar-refractivity contribution is 5.50. The topological polar surface area (TPSA) is 65.1 Å². The van der Waals surface area contributed by atoms with Gasteiger partial charge in [0.2, 0.25) is 0 Å². The van der Waals surface area contributed by atoms with Crippen LogP contribution in [-0.4, -0.2) is 21.9 Å². The summed E-state index contributed by atoms with van der Waals surface area (Å²) in [5, 5.41) is 22.8. The van der Waals surface area contributed by atoms with Gasteiger partial charge in [-0.15, -0.1) is 0 Å². The number of rotatable bonds is 4. The molecule has 0 amide bonds. The smallest absolute Gasteiger partial charge is 0.132 e. The number of aryl methyl sites for hydroxylation is 2. The Balaban J connectivity index is 2.28. The second-order valence-electron chi connectivity index (χ2n) is 4.84. The molecule has 0 unspecified atom stereocenters. The number of benzene rings is 1. The maximum absolute atomic E-state index is 9.49. The Hall–Kier alpha value is -2.32. The lowest BCUT2D eigenvalue weighted by Gasteiger charge is -2.21. The van der Waals surface area contributed by atoms with Crippen molar-refractivity contribution in [3.8, 4) is 6.07 Å². The van der Waals surface area contributed by atoms with Crippen molar-refractivity contribution in [2.24, 2.45) is 7.05 Å². The minimum Gasteiger partial charge on any atom is -0.391 e. The summed E-state index contributed by atoms with van der Waals surface area (Å²) in [6.45, 7) is 2.51. The lowest BCUT2D eigenvalue weighted by molar-refractivity contribution is 0.281. The lowest BCUT2D eigenvalue weighted by Crippen LogP contribution is -2.20. The molecule has 5 nitrogen and oxygen atoms in total. The SMILES string of the molecule is Cc1nn(C)c(N(C)Cc2cccc(C#N)c2)c1CO. The molecule has 2 aromatic rings. The highest BCUT2D eigenvalue weighted by Gasteiger charge is 2.16. The summed E-state index contributed by atoms with van der Waals surface area (Å²) in [5.74, 6) is 0.896. The van der Waals surface area contributed by atoms with Gasteiger partial charge in [-0.3, -0.25) is 4.68 Å². The molecule has 0 spiro atoms. The van der Waals surface area contributed by atoms with Crippen LogP contribution in [0.15, 0.2) is 24.3 Å². The van der Waals surface area contributed by atoms with E-state index in [2.05, 4.69) is 11.2 Å². The molecule has 0 aliphatic heterocycles. The second kappa shape index (κ2) is 5.76. The monoisotopic (exact) mass is 270 g/mol. The van der Waals surface area contributed by atoms with Gasteiger partial charge in [0.05, 0.1) is 23.9 Å². The van der Waals surface area contributed by atoms with Crippen molar-refractivity contribution in [3.63, 3.8) is 0 Å². The van der Waals surface area contributed by atoms with Crippen molar-refractivity contribution in [2.45, 2.75) is 20.1 Å². The van der Waals surface area contributed by atoms with E-state index in [-0.39, 0.29) is 6.61 Å². The average molecular weight is 270 g/mol. The summed E-state index contributed by atoms with van der Waals surface area (Å²) in [6, 6.07) is 9.67. The van der Waals surface area contributed by atoms with Gasteiger partial charge in [-0.25, -0.2) is 0 Å². The molecule has 1 N–H and O–H groups in total. The first-order valence-corrected chi connectivity index (χ1v) is 6.40. The molecule has 0 atom stereocenters. The Morgan fingerprint density at radius 2 is 2.20 bits per heavy atom. The number of hydrogen-bond donors (Lipinski definition) is 1. The fourth-order valence-corrected chi connectivity index (χ4v) is 2.44. The number of aromatic nitrogens is 2. The van der Waals surface area contributed by atoms with Gasteiger partial charge in [-0.2, -0.15) is 10.4 Å². The number of aliphatic hydroxyl groups is 1. The van der Waals surface area contributed by atoms with Gasteiger partial charge in [0.1, 0.15) is 5.82 Å². The molecule has 0 saturated heterocycles. The Labute approximate surface area is 118 Å². The maximum Gasteiger partial charge on any atom is 0.132 e. The standard InChI is InChI=1S/C15H18N4O/c1-11-14(10-20)15(19(3)17-11)18(2)9-13-6-4-5-12(7-13)8-16/h4-7,20H,9-10H2,1-3H3. The van der Waals surface area contributed by atoms with Crippen LogP contribution >= 0.6 is 0 Å². The first kappa shape index (κ1) is 14.1. The summed E-state index contributed by atoms with van der Waals surface area (Å²) >= 11 is 0. The van der Waals surface area contributed by atoms with Gasteiger partial charge in [-0.05, 0) is 24.6 Å². The normalized spacial score (nSPS) is 10.3. The first-order valence-electron chi connectivity index (χ1n) is 6.40. The van der Waals surface area contributed by atoms with E-state index in [1.54, 1.807) is 10.7 Å². The average Bonchev–Trinajstić information content (AvgIpc) is 2.72. The van der Waals surface area contributed by atoms with Gasteiger partial charge in [0, 0.05) is 26.2 Å². The zero-order chi connectivity index (χ0) is 14.7. The quantitative estimate of drug-likeness (QED) is 0.919. The molecule has 0 bridgehead atoms. The second-order valence-corrected chi connectivity index (χ2v) is 4.84. The number of nitriles is 1. The number of anilines is 1. The van der Waals surface area contributed by atoms with Gasteiger partial charge < -0.3 is 10.0 Å². The molecule has 0 aliphatic rings. The van der Waals surface area contributed by atoms with E-state index in [1.807, 2.05) is 44.1 Å². The van der Waals surface area contributed by atoms with E-state index in [4.69, 9.17) is 5.26 Å². The van der Waals surface area contributed by atoms with Crippen LogP contribution in [0.5, 0.6) is 0 Å². The van der Waals surface area contributed by atoms with E-state index >= 15 is 0 Å². The van der Waals surface area contributed by atoms with E-state index in [9.17, 15) is 5.11 Å². The molecule has 20 heavy (non-hydrogen) atoms. The predicted molar refractivity (Wildman–Crippen MR) is 77.1 cm³/mol. The van der Waals surface area contributed by atoms with Crippen LogP contribution in [0.3, 0.4) is 0 Å². The van der Waals surface area contributed by atoms with Crippen molar-refractivity contribution >= 4 is 5.82 Å². The summed E-state index contributed by atoms with van der Waals surface area (Å²) in [6.07, 6.45) is 0. The van der Waals surface area contributed by atoms with Gasteiger partial charge in [-0.1, -0.05) is 12.1 Å². The summed E-state index contributed by atoms with van der Waals surface area (Å²) in [4.78, 5) is 2.03. The summed E-state index contributed by atoms with van der Waals surface area (Å²) < 4.78 is 1.77. The molecule has 0 aliphatic carbocycles. The van der Waals surface area contributed by atoms with Crippen LogP contribution in [0, 0.1) is 18.3 Å². The number of hydrogen-bond acceptors (Lipinski definition) is 4. The van der Waals surface area contributed by atoms with Crippen molar-refractivity contribution < 1.29 is 5.11 Å². The van der Waals surface area contributed by atoms with E-state index in [0.29, 0.717) is 12.1 Å². The largest absolute Gasteiger partial charge is 0.391 e. The lowest BCUT2D eigenvalue weighted by atomic mass is 10.1. The van der Waals surface area contributed by atoms with E-state index in [1.165, 1.54) is 0 Å².